The van der Waals surface area contributed by atoms with E-state index in [0.29, 0.717) is 11.7 Å². The lowest BCUT2D eigenvalue weighted by Crippen LogP contribution is -2.47. The SMILES string of the molecule is CC.CCC(C)=C(/C=C(/C)C(C)CC)N1CCN(CCN(C)CCOC)CC1.Cc1ccc2c(c1)OCC2(F)F. The Hall–Kier alpha value is -1.96. The Bertz CT molecular complexity index is 924. The smallest absolute Gasteiger partial charge is 0.310 e. The molecule has 1 aromatic rings. The van der Waals surface area contributed by atoms with Crippen LogP contribution < -0.4 is 4.74 Å². The molecule has 0 saturated carbocycles. The number of aryl methyl sites for hydroxylation is 1. The summed E-state index contributed by atoms with van der Waals surface area (Å²) >= 11 is 0. The Morgan fingerprint density at radius 3 is 2.35 bits per heavy atom. The topological polar surface area (TPSA) is 28.2 Å². The van der Waals surface area contributed by atoms with Gasteiger partial charge in [0.1, 0.15) is 5.75 Å². The fourth-order valence-corrected chi connectivity index (χ4v) is 4.53. The van der Waals surface area contributed by atoms with Gasteiger partial charge >= 0.3 is 5.92 Å². The van der Waals surface area contributed by atoms with Crippen molar-refractivity contribution in [2.75, 3.05) is 73.2 Å². The molecule has 0 amide bonds. The van der Waals surface area contributed by atoms with Crippen molar-refractivity contribution in [3.05, 3.63) is 52.2 Å². The molecule has 0 N–H and O–H groups in total. The number of ether oxygens (including phenoxy) is 2. The van der Waals surface area contributed by atoms with Crippen molar-refractivity contribution >= 4 is 0 Å². The molecule has 2 heterocycles. The van der Waals surface area contributed by atoms with Crippen LogP contribution in [0.1, 0.15) is 72.4 Å². The van der Waals surface area contributed by atoms with Gasteiger partial charge in [0.2, 0.25) is 0 Å². The van der Waals surface area contributed by atoms with Crippen molar-refractivity contribution in [1.82, 2.24) is 14.7 Å². The molecule has 3 rings (SSSR count). The molecular formula is C33H57F2N3O2. The first kappa shape index (κ1) is 36.1. The van der Waals surface area contributed by atoms with Crippen molar-refractivity contribution in [3.63, 3.8) is 0 Å². The lowest BCUT2D eigenvalue weighted by atomic mass is 9.97. The van der Waals surface area contributed by atoms with Gasteiger partial charge in [0.15, 0.2) is 6.61 Å². The maximum Gasteiger partial charge on any atom is 0.310 e. The molecule has 1 aromatic carbocycles. The molecule has 0 radical (unpaired) electrons. The highest BCUT2D eigenvalue weighted by Crippen LogP contribution is 2.41. The summed E-state index contributed by atoms with van der Waals surface area (Å²) in [5, 5.41) is 0. The molecule has 0 bridgehead atoms. The number of hydrogen-bond acceptors (Lipinski definition) is 5. The largest absolute Gasteiger partial charge is 0.486 e. The Labute approximate surface area is 244 Å². The zero-order valence-electron chi connectivity index (χ0n) is 27.1. The second kappa shape index (κ2) is 18.5. The second-order valence-corrected chi connectivity index (χ2v) is 10.8. The van der Waals surface area contributed by atoms with Gasteiger partial charge in [0, 0.05) is 58.6 Å². The Morgan fingerprint density at radius 1 is 1.12 bits per heavy atom. The van der Waals surface area contributed by atoms with Crippen molar-refractivity contribution in [2.24, 2.45) is 5.92 Å². The molecule has 40 heavy (non-hydrogen) atoms. The minimum atomic E-state index is -2.80. The number of fused-ring (bicyclic) bond motifs is 1. The summed E-state index contributed by atoms with van der Waals surface area (Å²) in [5.41, 5.74) is 5.44. The van der Waals surface area contributed by atoms with Crippen LogP contribution in [0.2, 0.25) is 0 Å². The van der Waals surface area contributed by atoms with Crippen LogP contribution in [-0.4, -0.2) is 87.9 Å². The van der Waals surface area contributed by atoms with E-state index in [2.05, 4.69) is 62.4 Å². The maximum atomic E-state index is 12.9. The minimum Gasteiger partial charge on any atom is -0.486 e. The molecule has 0 aliphatic carbocycles. The normalized spacial score (nSPS) is 18.1. The summed E-state index contributed by atoms with van der Waals surface area (Å²) in [4.78, 5) is 7.57. The molecule has 2 aliphatic rings. The summed E-state index contributed by atoms with van der Waals surface area (Å²) in [6.07, 6.45) is 4.80. The van der Waals surface area contributed by atoms with E-state index >= 15 is 0 Å². The van der Waals surface area contributed by atoms with E-state index in [1.54, 1.807) is 19.2 Å². The predicted octanol–water partition coefficient (Wildman–Crippen LogP) is 7.36. The van der Waals surface area contributed by atoms with Gasteiger partial charge in [-0.15, -0.1) is 0 Å². The monoisotopic (exact) mass is 565 g/mol. The quantitative estimate of drug-likeness (QED) is 0.261. The maximum absolute atomic E-state index is 12.9. The van der Waals surface area contributed by atoms with Crippen molar-refractivity contribution in [3.8, 4) is 5.75 Å². The molecule has 7 heteroatoms. The van der Waals surface area contributed by atoms with Crippen LogP contribution in [0.15, 0.2) is 41.1 Å². The molecule has 1 fully saturated rings. The van der Waals surface area contributed by atoms with E-state index in [1.165, 1.54) is 29.3 Å². The first-order valence-corrected chi connectivity index (χ1v) is 15.2. The Kier molecular flexibility index (Phi) is 16.7. The summed E-state index contributed by atoms with van der Waals surface area (Å²) in [6.45, 7) is 25.5. The van der Waals surface area contributed by atoms with Gasteiger partial charge < -0.3 is 19.3 Å². The van der Waals surface area contributed by atoms with Gasteiger partial charge in [-0.3, -0.25) is 4.90 Å². The number of allylic oxidation sites excluding steroid dienone is 3. The third-order valence-corrected chi connectivity index (χ3v) is 7.85. The van der Waals surface area contributed by atoms with Crippen LogP contribution in [0.3, 0.4) is 0 Å². The van der Waals surface area contributed by atoms with E-state index in [-0.39, 0.29) is 5.56 Å². The number of piperazine rings is 1. The molecule has 1 atom stereocenters. The highest BCUT2D eigenvalue weighted by atomic mass is 19.3. The van der Waals surface area contributed by atoms with Crippen LogP contribution in [0.25, 0.3) is 0 Å². The van der Waals surface area contributed by atoms with Gasteiger partial charge in [-0.2, -0.15) is 8.78 Å². The first-order chi connectivity index (χ1) is 19.0. The van der Waals surface area contributed by atoms with E-state index in [4.69, 9.17) is 9.47 Å². The van der Waals surface area contributed by atoms with Gasteiger partial charge in [-0.05, 0) is 70.4 Å². The Balaban J connectivity index is 0.000000470. The van der Waals surface area contributed by atoms with E-state index < -0.39 is 12.5 Å². The van der Waals surface area contributed by atoms with Gasteiger partial charge in [-0.25, -0.2) is 0 Å². The van der Waals surface area contributed by atoms with Gasteiger partial charge in [0.05, 0.1) is 12.2 Å². The van der Waals surface area contributed by atoms with Crippen LogP contribution in [0, 0.1) is 12.8 Å². The zero-order chi connectivity index (χ0) is 30.3. The van der Waals surface area contributed by atoms with E-state index in [1.807, 2.05) is 20.8 Å². The third-order valence-electron chi connectivity index (χ3n) is 7.85. The van der Waals surface area contributed by atoms with Crippen LogP contribution >= 0.6 is 0 Å². The number of nitrogens with zero attached hydrogens (tertiary/aromatic N) is 3. The number of rotatable bonds is 11. The van der Waals surface area contributed by atoms with Gasteiger partial charge in [0.25, 0.3) is 0 Å². The molecule has 1 saturated heterocycles. The minimum absolute atomic E-state index is 0.00750. The zero-order valence-corrected chi connectivity index (χ0v) is 27.1. The highest BCUT2D eigenvalue weighted by molar-refractivity contribution is 5.42. The standard InChI is InChI=1S/C22H43N3O.C9H8F2O.C2H6/c1-8-19(3)21(5)18-22(20(4)9-2)25-14-12-24(13-15-25)11-10-23(6)16-17-26-7;1-6-2-3-7-8(4-6)12-5-9(7,10)11;1-2/h18-19H,8-17H2,1-7H3;2-4H,5H2,1H3;1-2H3/b21-18-,22-20?;;. The summed E-state index contributed by atoms with van der Waals surface area (Å²) in [7, 11) is 3.96. The number of likely N-dealkylation sites (N-methyl/N-ethyl adjacent to an activating group) is 1. The second-order valence-electron chi connectivity index (χ2n) is 10.8. The molecule has 0 spiro atoms. The van der Waals surface area contributed by atoms with Crippen molar-refractivity contribution in [2.45, 2.75) is 74.2 Å². The van der Waals surface area contributed by atoms with Crippen molar-refractivity contribution in [1.29, 1.82) is 0 Å². The number of hydrogen-bond donors (Lipinski definition) is 0. The average molecular weight is 566 g/mol. The molecular weight excluding hydrogens is 508 g/mol. The number of halogens is 2. The molecule has 0 aromatic heterocycles. The fraction of sp³-hybridized carbons (Fsp3) is 0.697. The van der Waals surface area contributed by atoms with Crippen molar-refractivity contribution < 1.29 is 18.3 Å². The molecule has 2 aliphatic heterocycles. The molecule has 230 valence electrons. The number of benzene rings is 1. The highest BCUT2D eigenvalue weighted by Gasteiger charge is 2.41. The molecule has 1 unspecified atom stereocenters. The summed E-state index contributed by atoms with van der Waals surface area (Å²) in [6, 6.07) is 4.73. The predicted molar refractivity (Wildman–Crippen MR) is 166 cm³/mol. The molecule has 5 nitrogen and oxygen atoms in total. The summed E-state index contributed by atoms with van der Waals surface area (Å²) < 4.78 is 35.9. The van der Waals surface area contributed by atoms with Crippen LogP contribution in [-0.2, 0) is 10.7 Å². The third kappa shape index (κ3) is 11.5. The fourth-order valence-electron chi connectivity index (χ4n) is 4.53. The number of methoxy groups -OCH3 is 1. The van der Waals surface area contributed by atoms with Crippen LogP contribution in [0.5, 0.6) is 5.75 Å². The van der Waals surface area contributed by atoms with Gasteiger partial charge in [-0.1, -0.05) is 51.8 Å². The van der Waals surface area contributed by atoms with Crippen LogP contribution in [0.4, 0.5) is 8.78 Å². The van der Waals surface area contributed by atoms with E-state index in [9.17, 15) is 8.78 Å². The van der Waals surface area contributed by atoms with E-state index in [0.717, 1.165) is 64.4 Å². The first-order valence-electron chi connectivity index (χ1n) is 15.2. The number of alkyl halides is 2. The lowest BCUT2D eigenvalue weighted by molar-refractivity contribution is -0.0213. The summed E-state index contributed by atoms with van der Waals surface area (Å²) in [5.74, 6) is -1.82. The average Bonchev–Trinajstić information content (AvgIpc) is 3.27. The lowest BCUT2D eigenvalue weighted by Gasteiger charge is -2.38. The Morgan fingerprint density at radius 2 is 1.77 bits per heavy atom.